The molecule has 0 aromatic carbocycles. The van der Waals surface area contributed by atoms with Crippen LogP contribution in [-0.4, -0.2) is 45.8 Å². The van der Waals surface area contributed by atoms with Crippen molar-refractivity contribution >= 4 is 40.5 Å². The molecule has 3 heterocycles. The first-order chi connectivity index (χ1) is 12.2. The van der Waals surface area contributed by atoms with E-state index >= 15 is 0 Å². The fourth-order valence-electron chi connectivity index (χ4n) is 2.78. The van der Waals surface area contributed by atoms with Crippen LogP contribution >= 0.6 is 11.6 Å². The van der Waals surface area contributed by atoms with Crippen LogP contribution in [0.4, 0.5) is 16.4 Å². The average Bonchev–Trinajstić information content (AvgIpc) is 2.99. The summed E-state index contributed by atoms with van der Waals surface area (Å²) in [5.41, 5.74) is 3.07. The first kappa shape index (κ1) is 18.4. The van der Waals surface area contributed by atoms with Gasteiger partial charge < -0.3 is 20.4 Å². The monoisotopic (exact) mass is 379 g/mol. The number of alkyl carbamates (subject to hydrolysis) is 1. The number of halogens is 1. The number of nitrogens with one attached hydrogen (secondary N) is 2. The fraction of sp³-hybridized carbons (Fsp3) is 0.500. The van der Waals surface area contributed by atoms with Crippen molar-refractivity contribution in [2.45, 2.75) is 38.8 Å². The number of aromatic nitrogens is 3. The zero-order chi connectivity index (χ0) is 18.9. The van der Waals surface area contributed by atoms with Crippen LogP contribution in [0.1, 0.15) is 27.2 Å². The van der Waals surface area contributed by atoms with Crippen LogP contribution in [0.3, 0.4) is 0 Å². The Bertz CT molecular complexity index is 824. The predicted octanol–water partition coefficient (Wildman–Crippen LogP) is 2.07. The van der Waals surface area contributed by atoms with Gasteiger partial charge in [-0.25, -0.2) is 25.6 Å². The first-order valence-corrected chi connectivity index (χ1v) is 8.67. The fourth-order valence-corrected chi connectivity index (χ4v) is 2.93. The van der Waals surface area contributed by atoms with Gasteiger partial charge in [-0.05, 0) is 33.3 Å². The Hall–Kier alpha value is -2.39. The van der Waals surface area contributed by atoms with E-state index in [4.69, 9.17) is 22.2 Å². The van der Waals surface area contributed by atoms with Crippen molar-refractivity contribution < 1.29 is 9.53 Å². The molecule has 0 unspecified atom stereocenters. The topological polar surface area (TPSA) is 118 Å². The Morgan fingerprint density at radius 3 is 2.88 bits per heavy atom. The third-order valence-electron chi connectivity index (χ3n) is 3.82. The largest absolute Gasteiger partial charge is 0.444 e. The van der Waals surface area contributed by atoms with Crippen LogP contribution in [0, 0.1) is 0 Å². The third kappa shape index (κ3) is 4.23. The molecule has 1 aliphatic rings. The molecule has 2 aromatic heterocycles. The highest BCUT2D eigenvalue weighted by Crippen LogP contribution is 2.27. The first-order valence-electron chi connectivity index (χ1n) is 8.29. The molecule has 9 nitrogen and oxygen atoms in total. The standard InChI is InChI=1S/C16H22ClN7O2/c1-16(2,3)26-15(25)20-10-4-5-24(8-10)14-13(23-18)21-11-6-9(17)7-19-12(11)22-14/h6-7,10H,4-5,8,18H2,1-3H3,(H,20,25)(H,21,23)/t10-/m1/s1. The van der Waals surface area contributed by atoms with Crippen LogP contribution in [0.2, 0.25) is 5.02 Å². The summed E-state index contributed by atoms with van der Waals surface area (Å²) in [6.07, 6.45) is 1.86. The van der Waals surface area contributed by atoms with Gasteiger partial charge in [0.2, 0.25) is 0 Å². The maximum Gasteiger partial charge on any atom is 0.407 e. The van der Waals surface area contributed by atoms with Gasteiger partial charge >= 0.3 is 6.09 Å². The SMILES string of the molecule is CC(C)(C)OC(=O)N[C@@H]1CCN(c2nc3ncc(Cl)cc3nc2NN)C1. The Balaban J connectivity index is 1.75. The van der Waals surface area contributed by atoms with E-state index < -0.39 is 11.7 Å². The minimum absolute atomic E-state index is 0.0499. The molecule has 4 N–H and O–H groups in total. The van der Waals surface area contributed by atoms with Crippen molar-refractivity contribution in [3.05, 3.63) is 17.3 Å². The molecule has 1 aliphatic heterocycles. The smallest absolute Gasteiger partial charge is 0.407 e. The van der Waals surface area contributed by atoms with E-state index in [2.05, 4.69) is 25.7 Å². The number of pyridine rings is 1. The molecule has 1 amide bonds. The Kier molecular flexibility index (Phi) is 5.01. The number of nitrogens with zero attached hydrogens (tertiary/aromatic N) is 4. The van der Waals surface area contributed by atoms with E-state index in [0.717, 1.165) is 6.42 Å². The minimum atomic E-state index is -0.532. The Labute approximate surface area is 156 Å². The lowest BCUT2D eigenvalue weighted by atomic mass is 10.2. The second-order valence-corrected chi connectivity index (χ2v) is 7.55. The Morgan fingerprint density at radius 2 is 2.19 bits per heavy atom. The molecule has 0 aliphatic carbocycles. The number of amides is 1. The molecule has 0 bridgehead atoms. The maximum absolute atomic E-state index is 12.0. The number of fused-ring (bicyclic) bond motifs is 1. The van der Waals surface area contributed by atoms with Crippen molar-refractivity contribution in [2.24, 2.45) is 5.84 Å². The van der Waals surface area contributed by atoms with Gasteiger partial charge in [-0.3, -0.25) is 0 Å². The van der Waals surface area contributed by atoms with Crippen molar-refractivity contribution in [3.63, 3.8) is 0 Å². The predicted molar refractivity (Wildman–Crippen MR) is 100 cm³/mol. The lowest BCUT2D eigenvalue weighted by Crippen LogP contribution is -2.40. The molecule has 3 rings (SSSR count). The summed E-state index contributed by atoms with van der Waals surface area (Å²) in [5.74, 6) is 6.63. The number of anilines is 2. The summed E-state index contributed by atoms with van der Waals surface area (Å²) in [5, 5.41) is 3.36. The number of nitrogens with two attached hydrogens (primary N) is 1. The Morgan fingerprint density at radius 1 is 1.42 bits per heavy atom. The molecule has 0 spiro atoms. The van der Waals surface area contributed by atoms with Gasteiger partial charge in [0.25, 0.3) is 0 Å². The normalized spacial score (nSPS) is 17.4. The molecule has 10 heteroatoms. The highest BCUT2D eigenvalue weighted by atomic mass is 35.5. The minimum Gasteiger partial charge on any atom is -0.444 e. The summed E-state index contributed by atoms with van der Waals surface area (Å²) in [4.78, 5) is 27.1. The van der Waals surface area contributed by atoms with Crippen molar-refractivity contribution in [2.75, 3.05) is 23.4 Å². The van der Waals surface area contributed by atoms with Crippen LogP contribution < -0.4 is 21.5 Å². The van der Waals surface area contributed by atoms with Crippen LogP contribution in [-0.2, 0) is 4.74 Å². The summed E-state index contributed by atoms with van der Waals surface area (Å²) in [6, 6.07) is 1.63. The van der Waals surface area contributed by atoms with Crippen LogP contribution in [0.25, 0.3) is 11.2 Å². The summed E-state index contributed by atoms with van der Waals surface area (Å²) < 4.78 is 5.30. The van der Waals surface area contributed by atoms with Crippen molar-refractivity contribution in [1.29, 1.82) is 0 Å². The van der Waals surface area contributed by atoms with Crippen LogP contribution in [0.5, 0.6) is 0 Å². The molecule has 1 fully saturated rings. The molecule has 1 atom stereocenters. The lowest BCUT2D eigenvalue weighted by Gasteiger charge is -2.22. The van der Waals surface area contributed by atoms with E-state index in [1.54, 1.807) is 6.07 Å². The van der Waals surface area contributed by atoms with Crippen molar-refractivity contribution in [3.8, 4) is 0 Å². The molecule has 2 aromatic rings. The number of ether oxygens (including phenoxy) is 1. The van der Waals surface area contributed by atoms with Crippen molar-refractivity contribution in [1.82, 2.24) is 20.3 Å². The second kappa shape index (κ2) is 7.08. The highest BCUT2D eigenvalue weighted by molar-refractivity contribution is 6.31. The molecule has 140 valence electrons. The molecular weight excluding hydrogens is 358 g/mol. The number of hydrazine groups is 1. The number of hydrogen-bond donors (Lipinski definition) is 3. The summed E-state index contributed by atoms with van der Waals surface area (Å²) >= 11 is 5.95. The quantitative estimate of drug-likeness (QED) is 0.547. The van der Waals surface area contributed by atoms with Gasteiger partial charge in [0.1, 0.15) is 11.1 Å². The number of carbonyl (C=O) groups is 1. The summed E-state index contributed by atoms with van der Waals surface area (Å²) in [6.45, 7) is 6.76. The van der Waals surface area contributed by atoms with Gasteiger partial charge in [0.05, 0.1) is 11.1 Å². The van der Waals surface area contributed by atoms with E-state index in [9.17, 15) is 4.79 Å². The summed E-state index contributed by atoms with van der Waals surface area (Å²) in [7, 11) is 0. The van der Waals surface area contributed by atoms with Gasteiger partial charge in [0, 0.05) is 19.3 Å². The maximum atomic E-state index is 12.0. The van der Waals surface area contributed by atoms with Crippen LogP contribution in [0.15, 0.2) is 12.3 Å². The zero-order valence-corrected chi connectivity index (χ0v) is 15.7. The van der Waals surface area contributed by atoms with E-state index in [0.29, 0.717) is 40.9 Å². The van der Waals surface area contributed by atoms with E-state index in [1.165, 1.54) is 6.20 Å². The number of carbonyl (C=O) groups excluding carboxylic acids is 1. The molecule has 0 radical (unpaired) electrons. The van der Waals surface area contributed by atoms with E-state index in [1.807, 2.05) is 25.7 Å². The van der Waals surface area contributed by atoms with Gasteiger partial charge in [-0.2, -0.15) is 0 Å². The number of nitrogen functional groups attached to an aromatic ring is 1. The third-order valence-corrected chi connectivity index (χ3v) is 4.02. The molecule has 26 heavy (non-hydrogen) atoms. The molecule has 1 saturated heterocycles. The van der Waals surface area contributed by atoms with Gasteiger partial charge in [-0.1, -0.05) is 11.6 Å². The zero-order valence-electron chi connectivity index (χ0n) is 14.9. The molecule has 0 saturated carbocycles. The van der Waals surface area contributed by atoms with Gasteiger partial charge in [0.15, 0.2) is 17.3 Å². The second-order valence-electron chi connectivity index (χ2n) is 7.11. The highest BCUT2D eigenvalue weighted by Gasteiger charge is 2.29. The molecular formula is C16H22ClN7O2. The number of hydrogen-bond acceptors (Lipinski definition) is 8. The van der Waals surface area contributed by atoms with E-state index in [-0.39, 0.29) is 6.04 Å². The van der Waals surface area contributed by atoms with Gasteiger partial charge in [-0.15, -0.1) is 0 Å². The average molecular weight is 380 g/mol. The number of rotatable bonds is 3. The lowest BCUT2D eigenvalue weighted by molar-refractivity contribution is 0.0509.